The minimum atomic E-state index is -0.599. The fourth-order valence-electron chi connectivity index (χ4n) is 3.74. The van der Waals surface area contributed by atoms with Crippen LogP contribution in [0.15, 0.2) is 0 Å². The van der Waals surface area contributed by atoms with Crippen LogP contribution in [0.25, 0.3) is 0 Å². The molecule has 1 aliphatic heterocycles. The van der Waals surface area contributed by atoms with Gasteiger partial charge in [0.2, 0.25) is 0 Å². The molecule has 0 spiro atoms. The molecule has 0 bridgehead atoms. The molecule has 1 saturated heterocycles. The van der Waals surface area contributed by atoms with E-state index in [-0.39, 0.29) is 0 Å². The summed E-state index contributed by atoms with van der Waals surface area (Å²) in [6.45, 7) is 12.7. The molecule has 0 aliphatic carbocycles. The Hall–Kier alpha value is -0.570. The van der Waals surface area contributed by atoms with Crippen LogP contribution >= 0.6 is 0 Å². The molecule has 0 aromatic carbocycles. The van der Waals surface area contributed by atoms with Crippen molar-refractivity contribution in [1.82, 2.24) is 4.90 Å². The van der Waals surface area contributed by atoms with E-state index in [9.17, 15) is 9.90 Å². The van der Waals surface area contributed by atoms with Gasteiger partial charge in [0.25, 0.3) is 0 Å². The zero-order chi connectivity index (χ0) is 13.9. The Balaban J connectivity index is 2.82. The first-order valence-corrected chi connectivity index (χ1v) is 7.31. The molecule has 0 radical (unpaired) electrons. The van der Waals surface area contributed by atoms with Crippen molar-refractivity contribution < 1.29 is 9.90 Å². The van der Waals surface area contributed by atoms with Gasteiger partial charge >= 0.3 is 5.97 Å². The molecule has 0 aromatic heterocycles. The Bertz CT molecular complexity index is 280. The molecule has 1 rings (SSSR count). The van der Waals surface area contributed by atoms with E-state index in [1.165, 1.54) is 0 Å². The van der Waals surface area contributed by atoms with Crippen molar-refractivity contribution in [2.24, 2.45) is 17.3 Å². The Kier molecular flexibility index (Phi) is 5.20. The smallest absolute Gasteiger partial charge is 0.310 e. The molecule has 1 fully saturated rings. The zero-order valence-electron chi connectivity index (χ0n) is 12.6. The normalized spacial score (nSPS) is 25.6. The number of hydrogen-bond donors (Lipinski definition) is 1. The molecular weight excluding hydrogens is 226 g/mol. The SMILES string of the molecule is CCCC1(C(=O)O)CCN(C(C(C)C)C(C)C)C1. The van der Waals surface area contributed by atoms with E-state index >= 15 is 0 Å². The fraction of sp³-hybridized carbons (Fsp3) is 0.933. The summed E-state index contributed by atoms with van der Waals surface area (Å²) in [5.41, 5.74) is -0.489. The van der Waals surface area contributed by atoms with Gasteiger partial charge < -0.3 is 5.11 Å². The second kappa shape index (κ2) is 6.05. The Morgan fingerprint density at radius 2 is 1.83 bits per heavy atom. The molecule has 3 heteroatoms. The van der Waals surface area contributed by atoms with Crippen molar-refractivity contribution in [3.05, 3.63) is 0 Å². The average molecular weight is 255 g/mol. The highest BCUT2D eigenvalue weighted by Gasteiger charge is 2.46. The van der Waals surface area contributed by atoms with Crippen molar-refractivity contribution >= 4 is 5.97 Å². The predicted octanol–water partition coefficient (Wildman–Crippen LogP) is 3.24. The van der Waals surface area contributed by atoms with Crippen LogP contribution in [0.4, 0.5) is 0 Å². The standard InChI is InChI=1S/C15H29NO2/c1-6-7-15(14(17)18)8-9-16(10-15)13(11(2)3)12(4)5/h11-13H,6-10H2,1-5H3,(H,17,18). The topological polar surface area (TPSA) is 40.5 Å². The number of carboxylic acid groups (broad SMARTS) is 1. The van der Waals surface area contributed by atoms with Gasteiger partial charge in [-0.15, -0.1) is 0 Å². The number of aliphatic carboxylic acids is 1. The van der Waals surface area contributed by atoms with Crippen LogP contribution in [-0.4, -0.2) is 35.1 Å². The van der Waals surface area contributed by atoms with Gasteiger partial charge in [-0.3, -0.25) is 9.69 Å². The van der Waals surface area contributed by atoms with Gasteiger partial charge in [-0.05, 0) is 31.2 Å². The van der Waals surface area contributed by atoms with Crippen LogP contribution in [0.5, 0.6) is 0 Å². The van der Waals surface area contributed by atoms with E-state index in [0.29, 0.717) is 17.9 Å². The van der Waals surface area contributed by atoms with Crippen LogP contribution in [-0.2, 0) is 4.79 Å². The second-order valence-electron chi connectivity index (χ2n) is 6.53. The summed E-state index contributed by atoms with van der Waals surface area (Å²) in [5.74, 6) is 0.561. The van der Waals surface area contributed by atoms with E-state index in [2.05, 4.69) is 39.5 Å². The van der Waals surface area contributed by atoms with E-state index in [0.717, 1.165) is 32.4 Å². The summed E-state index contributed by atoms with van der Waals surface area (Å²) in [4.78, 5) is 14.0. The fourth-order valence-corrected chi connectivity index (χ4v) is 3.74. The molecule has 1 unspecified atom stereocenters. The molecule has 1 N–H and O–H groups in total. The van der Waals surface area contributed by atoms with Crippen LogP contribution in [0, 0.1) is 17.3 Å². The Morgan fingerprint density at radius 3 is 2.22 bits per heavy atom. The van der Waals surface area contributed by atoms with Gasteiger partial charge in [0.05, 0.1) is 5.41 Å². The number of nitrogens with zero attached hydrogens (tertiary/aromatic N) is 1. The number of likely N-dealkylation sites (tertiary alicyclic amines) is 1. The molecule has 3 nitrogen and oxygen atoms in total. The molecule has 106 valence electrons. The minimum Gasteiger partial charge on any atom is -0.481 e. The molecule has 0 aromatic rings. The van der Waals surface area contributed by atoms with E-state index in [1.54, 1.807) is 0 Å². The third-order valence-electron chi connectivity index (χ3n) is 4.35. The molecular formula is C15H29NO2. The van der Waals surface area contributed by atoms with Gasteiger partial charge in [-0.1, -0.05) is 41.0 Å². The first kappa shape index (κ1) is 15.5. The maximum Gasteiger partial charge on any atom is 0.310 e. The van der Waals surface area contributed by atoms with E-state index < -0.39 is 11.4 Å². The Morgan fingerprint density at radius 1 is 1.28 bits per heavy atom. The molecule has 1 atom stereocenters. The van der Waals surface area contributed by atoms with Crippen LogP contribution in [0.2, 0.25) is 0 Å². The quantitative estimate of drug-likeness (QED) is 0.792. The van der Waals surface area contributed by atoms with E-state index in [4.69, 9.17) is 0 Å². The number of carboxylic acids is 1. The maximum absolute atomic E-state index is 11.6. The number of carbonyl (C=O) groups is 1. The molecule has 0 saturated carbocycles. The summed E-state index contributed by atoms with van der Waals surface area (Å²) >= 11 is 0. The summed E-state index contributed by atoms with van der Waals surface area (Å²) in [5, 5.41) is 9.54. The van der Waals surface area contributed by atoms with Gasteiger partial charge in [0, 0.05) is 12.6 Å². The van der Waals surface area contributed by atoms with Crippen LogP contribution in [0.1, 0.15) is 53.9 Å². The highest BCUT2D eigenvalue weighted by molar-refractivity contribution is 5.75. The zero-order valence-corrected chi connectivity index (χ0v) is 12.6. The van der Waals surface area contributed by atoms with Crippen LogP contribution in [0.3, 0.4) is 0 Å². The van der Waals surface area contributed by atoms with Crippen molar-refractivity contribution in [2.45, 2.75) is 59.9 Å². The lowest BCUT2D eigenvalue weighted by Crippen LogP contribution is -2.43. The molecule has 1 aliphatic rings. The monoisotopic (exact) mass is 255 g/mol. The van der Waals surface area contributed by atoms with Gasteiger partial charge in [-0.2, -0.15) is 0 Å². The summed E-state index contributed by atoms with van der Waals surface area (Å²) in [6.07, 6.45) is 2.57. The lowest BCUT2D eigenvalue weighted by atomic mass is 9.82. The summed E-state index contributed by atoms with van der Waals surface area (Å²) in [7, 11) is 0. The molecule has 0 amide bonds. The van der Waals surface area contributed by atoms with E-state index in [1.807, 2.05) is 0 Å². The van der Waals surface area contributed by atoms with Crippen molar-refractivity contribution in [3.63, 3.8) is 0 Å². The van der Waals surface area contributed by atoms with Gasteiger partial charge in [-0.25, -0.2) is 0 Å². The number of hydrogen-bond acceptors (Lipinski definition) is 2. The Labute approximate surface area is 112 Å². The third kappa shape index (κ3) is 3.05. The van der Waals surface area contributed by atoms with Gasteiger partial charge in [0.1, 0.15) is 0 Å². The first-order chi connectivity index (χ1) is 8.34. The average Bonchev–Trinajstić information content (AvgIpc) is 2.62. The van der Waals surface area contributed by atoms with Crippen LogP contribution < -0.4 is 0 Å². The predicted molar refractivity (Wildman–Crippen MR) is 74.6 cm³/mol. The first-order valence-electron chi connectivity index (χ1n) is 7.31. The third-order valence-corrected chi connectivity index (χ3v) is 4.35. The second-order valence-corrected chi connectivity index (χ2v) is 6.53. The molecule has 1 heterocycles. The van der Waals surface area contributed by atoms with Gasteiger partial charge in [0.15, 0.2) is 0 Å². The highest BCUT2D eigenvalue weighted by atomic mass is 16.4. The summed E-state index contributed by atoms with van der Waals surface area (Å²) in [6, 6.07) is 0.503. The summed E-state index contributed by atoms with van der Waals surface area (Å²) < 4.78 is 0. The number of rotatable bonds is 6. The van der Waals surface area contributed by atoms with Crippen molar-refractivity contribution in [1.29, 1.82) is 0 Å². The highest BCUT2D eigenvalue weighted by Crippen LogP contribution is 2.38. The maximum atomic E-state index is 11.6. The minimum absolute atomic E-state index is 0.489. The molecule has 18 heavy (non-hydrogen) atoms. The van der Waals surface area contributed by atoms with Crippen molar-refractivity contribution in [3.8, 4) is 0 Å². The van der Waals surface area contributed by atoms with Crippen molar-refractivity contribution in [2.75, 3.05) is 13.1 Å². The lowest BCUT2D eigenvalue weighted by molar-refractivity contribution is -0.148. The lowest BCUT2D eigenvalue weighted by Gasteiger charge is -2.35. The largest absolute Gasteiger partial charge is 0.481 e.